The van der Waals surface area contributed by atoms with Crippen LogP contribution in [0.15, 0.2) is 206 Å². The number of hydrogen-bond donors (Lipinski definition) is 0. The van der Waals surface area contributed by atoms with Gasteiger partial charge in [0, 0.05) is 23.0 Å². The highest BCUT2D eigenvalue weighted by molar-refractivity contribution is 6.09. The fourth-order valence-electron chi connectivity index (χ4n) is 8.32. The van der Waals surface area contributed by atoms with Crippen LogP contribution in [-0.2, 0) is 5.41 Å². The Labute approximate surface area is 394 Å². The van der Waals surface area contributed by atoms with Crippen LogP contribution in [0, 0.1) is 13.3 Å². The van der Waals surface area contributed by atoms with E-state index in [1.54, 1.807) is 54.1 Å². The molecule has 0 saturated heterocycles. The zero-order valence-electron chi connectivity index (χ0n) is 50.2. The largest absolute Gasteiger partial charge is 0.458 e. The van der Waals surface area contributed by atoms with Gasteiger partial charge in [0.1, 0.15) is 17.3 Å². The van der Waals surface area contributed by atoms with Crippen molar-refractivity contribution in [3.63, 3.8) is 0 Å². The average molecular weight is 842 g/mol. The van der Waals surface area contributed by atoms with E-state index in [1.807, 2.05) is 48.5 Å². The van der Waals surface area contributed by atoms with Crippen LogP contribution in [0.4, 0.5) is 0 Å². The Balaban J connectivity index is 1.20. The molecule has 5 nitrogen and oxygen atoms in total. The lowest BCUT2D eigenvalue weighted by atomic mass is 9.88. The standard InChI is InChI=1S/C59H46N4O/c1-40-51(43-23-12-7-13-24-43)36-45(37-56(40)64-46-31-32-50-49-25-14-15-28-52(49)63(55(50)38-46)57-35-44(33-34-60-57)59(2,3)4)61-39-62(54-30-17-16-29-53(54)61)58-47(41-19-8-5-9-20-41)26-18-27-48(58)42-21-10-6-11-22-42/h5-38H,1-4H3/i5D,6D,7D,8D,9D,10D,11D,12D,13D,19D,20D,21D,22D,23D,24D. The molecule has 0 atom stereocenters. The first kappa shape index (κ1) is 25.8. The molecule has 0 saturated carbocycles. The maximum atomic E-state index is 9.17. The summed E-state index contributed by atoms with van der Waals surface area (Å²) in [7, 11) is 0. The third-order valence-electron chi connectivity index (χ3n) is 11.4. The molecule has 0 aliphatic heterocycles. The maximum absolute atomic E-state index is 9.17. The first-order chi connectivity index (χ1) is 37.5. The van der Waals surface area contributed by atoms with E-state index in [4.69, 9.17) is 27.5 Å². The van der Waals surface area contributed by atoms with Crippen LogP contribution in [0.1, 0.15) is 52.5 Å². The molecule has 0 spiro atoms. The molecule has 308 valence electrons. The Bertz CT molecular complexity index is 4250. The molecule has 0 N–H and O–H groups in total. The van der Waals surface area contributed by atoms with Crippen LogP contribution < -0.4 is 9.30 Å². The van der Waals surface area contributed by atoms with E-state index in [-0.39, 0.29) is 50.2 Å². The lowest BCUT2D eigenvalue weighted by molar-refractivity contribution is -0.571. The van der Waals surface area contributed by atoms with Crippen molar-refractivity contribution in [2.24, 2.45) is 0 Å². The van der Waals surface area contributed by atoms with Gasteiger partial charge in [-0.2, -0.15) is 0 Å². The number of imidazole rings is 1. The molecule has 0 amide bonds. The van der Waals surface area contributed by atoms with Crippen LogP contribution in [0.5, 0.6) is 11.5 Å². The molecule has 0 radical (unpaired) electrons. The highest BCUT2D eigenvalue weighted by Crippen LogP contribution is 2.40. The number of hydrogen-bond acceptors (Lipinski definition) is 2. The van der Waals surface area contributed by atoms with E-state index >= 15 is 0 Å². The van der Waals surface area contributed by atoms with Gasteiger partial charge in [-0.25, -0.2) is 4.98 Å². The number of rotatable bonds is 8. The zero-order valence-corrected chi connectivity index (χ0v) is 35.2. The fraction of sp³-hybridized carbons (Fsp3) is 0.0847. The molecule has 0 unspecified atom stereocenters. The van der Waals surface area contributed by atoms with E-state index in [0.29, 0.717) is 33.9 Å². The summed E-state index contributed by atoms with van der Waals surface area (Å²) in [6.07, 6.45) is 5.19. The van der Waals surface area contributed by atoms with Gasteiger partial charge in [0.15, 0.2) is 0 Å². The van der Waals surface area contributed by atoms with Gasteiger partial charge in [-0.3, -0.25) is 13.7 Å². The molecule has 64 heavy (non-hydrogen) atoms. The summed E-state index contributed by atoms with van der Waals surface area (Å²) in [5, 5.41) is 1.92. The summed E-state index contributed by atoms with van der Waals surface area (Å²) < 4.78 is 144. The number of benzene rings is 8. The summed E-state index contributed by atoms with van der Waals surface area (Å²) >= 11 is 0. The van der Waals surface area contributed by atoms with E-state index in [1.165, 1.54) is 22.8 Å². The van der Waals surface area contributed by atoms with E-state index < -0.39 is 90.6 Å². The Morgan fingerprint density at radius 2 is 1.20 bits per heavy atom. The first-order valence-electron chi connectivity index (χ1n) is 28.1. The molecule has 5 heteroatoms. The lowest BCUT2D eigenvalue weighted by Crippen LogP contribution is -2.31. The number of pyridine rings is 1. The first-order valence-corrected chi connectivity index (χ1v) is 20.6. The normalized spacial score (nSPS) is 15.0. The van der Waals surface area contributed by atoms with Gasteiger partial charge in [0.05, 0.1) is 54.0 Å². The van der Waals surface area contributed by atoms with Gasteiger partial charge >= 0.3 is 0 Å². The van der Waals surface area contributed by atoms with Crippen LogP contribution in [-0.4, -0.2) is 14.1 Å². The second-order valence-corrected chi connectivity index (χ2v) is 16.4. The number of ether oxygens (including phenoxy) is 1. The average Bonchev–Trinajstić information content (AvgIpc) is 4.13. The number of fused-ring (bicyclic) bond motifs is 4. The Hall–Kier alpha value is -8.02. The van der Waals surface area contributed by atoms with Crippen molar-refractivity contribution in [2.45, 2.75) is 33.1 Å². The van der Waals surface area contributed by atoms with Crippen molar-refractivity contribution in [2.75, 3.05) is 0 Å². The fourth-order valence-corrected chi connectivity index (χ4v) is 8.32. The Morgan fingerprint density at radius 3 is 1.88 bits per heavy atom. The van der Waals surface area contributed by atoms with Crippen molar-refractivity contribution in [1.82, 2.24) is 14.1 Å². The van der Waals surface area contributed by atoms with Gasteiger partial charge in [0.25, 0.3) is 6.33 Å². The van der Waals surface area contributed by atoms with Crippen LogP contribution in [0.25, 0.3) is 83.4 Å². The zero-order chi connectivity index (χ0) is 56.4. The minimum Gasteiger partial charge on any atom is -0.458 e. The van der Waals surface area contributed by atoms with Gasteiger partial charge in [0.2, 0.25) is 0 Å². The minimum absolute atomic E-state index is 0.0475. The Morgan fingerprint density at radius 1 is 0.594 bits per heavy atom. The van der Waals surface area contributed by atoms with Crippen molar-refractivity contribution >= 4 is 32.8 Å². The predicted molar refractivity (Wildman–Crippen MR) is 262 cm³/mol. The van der Waals surface area contributed by atoms with Crippen molar-refractivity contribution in [3.8, 4) is 62.1 Å². The van der Waals surface area contributed by atoms with Crippen molar-refractivity contribution in [1.29, 1.82) is 0 Å². The molecule has 0 bridgehead atoms. The highest BCUT2D eigenvalue weighted by Gasteiger charge is 2.22. The van der Waals surface area contributed by atoms with Crippen LogP contribution >= 0.6 is 0 Å². The smallest absolute Gasteiger partial charge is 0.269 e. The SMILES string of the molecule is [2H]c1c([2H])c([2H])c(-c2cc(-n3[c-][n+](-c4c(-c5c([2H])c([2H])c([2H])c([2H])c5[2H])cccc4-c4c([2H])c([2H])c([2H])c([2H])c4[2H])c4ccccc43)cc(Oc3ccc4c5ccccc5n(-c5cc(C(C)(C)C)ccn5)c4c3)c2C)c([2H])c1[2H]. The Kier molecular flexibility index (Phi) is 6.33. The third kappa shape index (κ3) is 6.83. The van der Waals surface area contributed by atoms with Crippen molar-refractivity contribution in [3.05, 3.63) is 223 Å². The minimum atomic E-state index is -0.629. The van der Waals surface area contributed by atoms with Crippen LogP contribution in [0.3, 0.4) is 0 Å². The molecular formula is C59H46N4O. The number of nitrogens with zero attached hydrogens (tertiary/aromatic N) is 4. The molecule has 11 aromatic rings. The molecule has 3 heterocycles. The molecule has 8 aromatic carbocycles. The van der Waals surface area contributed by atoms with Gasteiger partial charge in [-0.1, -0.05) is 172 Å². The maximum Gasteiger partial charge on any atom is 0.269 e. The van der Waals surface area contributed by atoms with E-state index in [2.05, 4.69) is 37.7 Å². The van der Waals surface area contributed by atoms with Gasteiger partial charge < -0.3 is 4.74 Å². The monoisotopic (exact) mass is 841 g/mol. The summed E-state index contributed by atoms with van der Waals surface area (Å²) in [5.74, 6) is 1.32. The number of aromatic nitrogens is 4. The molecular weight excluding hydrogens is 781 g/mol. The summed E-state index contributed by atoms with van der Waals surface area (Å²) in [5.41, 5.74) is 4.00. The summed E-state index contributed by atoms with van der Waals surface area (Å²) in [6, 6.07) is 24.2. The molecule has 0 fully saturated rings. The predicted octanol–water partition coefficient (Wildman–Crippen LogP) is 14.6. The molecule has 0 aliphatic rings. The van der Waals surface area contributed by atoms with Crippen LogP contribution in [0.2, 0.25) is 0 Å². The molecule has 3 aromatic heterocycles. The van der Waals surface area contributed by atoms with E-state index in [9.17, 15) is 2.74 Å². The molecule has 0 aliphatic carbocycles. The summed E-state index contributed by atoms with van der Waals surface area (Å²) in [6.45, 7) is 8.14. The van der Waals surface area contributed by atoms with E-state index in [0.717, 1.165) is 27.4 Å². The molecule has 11 rings (SSSR count). The second kappa shape index (κ2) is 15.7. The van der Waals surface area contributed by atoms with Crippen molar-refractivity contribution < 1.29 is 29.9 Å². The second-order valence-electron chi connectivity index (χ2n) is 16.4. The topological polar surface area (TPSA) is 35.9 Å². The van der Waals surface area contributed by atoms with Gasteiger partial charge in [-0.05, 0) is 99.3 Å². The summed E-state index contributed by atoms with van der Waals surface area (Å²) in [4.78, 5) is 4.83. The number of para-hydroxylation sites is 4. The lowest BCUT2D eigenvalue weighted by Gasteiger charge is -2.20. The highest BCUT2D eigenvalue weighted by atomic mass is 16.5. The van der Waals surface area contributed by atoms with Gasteiger partial charge in [-0.15, -0.1) is 0 Å². The third-order valence-corrected chi connectivity index (χ3v) is 11.4. The quantitative estimate of drug-likeness (QED) is 0.113.